The molecular weight excluding hydrogens is 402 g/mol. The van der Waals surface area contributed by atoms with E-state index in [0.29, 0.717) is 13.1 Å². The van der Waals surface area contributed by atoms with Crippen LogP contribution in [0.3, 0.4) is 0 Å². The molecule has 1 aromatic carbocycles. The van der Waals surface area contributed by atoms with Crippen molar-refractivity contribution >= 4 is 17.6 Å². The molecule has 1 saturated heterocycles. The Morgan fingerprint density at radius 3 is 2.28 bits per heavy atom. The summed E-state index contributed by atoms with van der Waals surface area (Å²) >= 11 is 0. The first-order valence-electron chi connectivity index (χ1n) is 11.0. The topological polar surface area (TPSA) is 60.0 Å². The monoisotopic (exact) mass is 437 g/mol. The van der Waals surface area contributed by atoms with Gasteiger partial charge in [0.05, 0.1) is 5.92 Å². The average molecular weight is 438 g/mol. The molecule has 32 heavy (non-hydrogen) atoms. The number of carbonyl (C=O) groups is 2. The fraction of sp³-hybridized carbons (Fsp3) is 0.480. The minimum atomic E-state index is -0.197. The average Bonchev–Trinajstić information content (AvgIpc) is 3.19. The van der Waals surface area contributed by atoms with Crippen LogP contribution in [-0.4, -0.2) is 79.8 Å². The van der Waals surface area contributed by atoms with Gasteiger partial charge in [0.1, 0.15) is 5.82 Å². The number of aromatic nitrogens is 1. The lowest BCUT2D eigenvalue weighted by atomic mass is 9.87. The van der Waals surface area contributed by atoms with E-state index in [1.54, 1.807) is 30.8 Å². The van der Waals surface area contributed by atoms with Crippen molar-refractivity contribution in [3.8, 4) is 0 Å². The van der Waals surface area contributed by atoms with Crippen molar-refractivity contribution in [2.75, 3.05) is 53.2 Å². The molecule has 1 aliphatic rings. The zero-order valence-corrected chi connectivity index (χ0v) is 20.1. The standard InChI is InChI=1S/C25H35N5O2/c1-18(31)30-16-22(23(17-30)25(32)28(4)5)20-11-9-19(10-12-20)14-29(6)15-21-8-7-13-26-24(21)27(2)3/h7-13,22-23H,14-17H2,1-6H3/t22-,23+/m1/s1. The molecule has 2 atom stereocenters. The van der Waals surface area contributed by atoms with Gasteiger partial charge in [-0.15, -0.1) is 0 Å². The molecule has 7 heteroatoms. The Labute approximate surface area is 191 Å². The fourth-order valence-corrected chi connectivity index (χ4v) is 4.47. The van der Waals surface area contributed by atoms with E-state index in [1.165, 1.54) is 11.1 Å². The van der Waals surface area contributed by atoms with Crippen LogP contribution in [0.4, 0.5) is 5.82 Å². The minimum Gasteiger partial charge on any atom is -0.362 e. The van der Waals surface area contributed by atoms with E-state index in [-0.39, 0.29) is 23.7 Å². The predicted molar refractivity (Wildman–Crippen MR) is 127 cm³/mol. The number of nitrogens with zero attached hydrogens (tertiary/aromatic N) is 5. The van der Waals surface area contributed by atoms with E-state index in [9.17, 15) is 9.59 Å². The van der Waals surface area contributed by atoms with Crippen molar-refractivity contribution in [1.82, 2.24) is 19.7 Å². The van der Waals surface area contributed by atoms with E-state index in [4.69, 9.17) is 0 Å². The van der Waals surface area contributed by atoms with Gasteiger partial charge in [0.25, 0.3) is 0 Å². The maximum Gasteiger partial charge on any atom is 0.227 e. The normalized spacial score (nSPS) is 18.2. The zero-order valence-electron chi connectivity index (χ0n) is 20.1. The smallest absolute Gasteiger partial charge is 0.227 e. The summed E-state index contributed by atoms with van der Waals surface area (Å²) in [4.78, 5) is 36.9. The Morgan fingerprint density at radius 1 is 1.00 bits per heavy atom. The lowest BCUT2D eigenvalue weighted by Gasteiger charge is -2.23. The number of amides is 2. The summed E-state index contributed by atoms with van der Waals surface area (Å²) in [7, 11) is 9.68. The molecule has 0 N–H and O–H groups in total. The van der Waals surface area contributed by atoms with Gasteiger partial charge in [-0.1, -0.05) is 30.3 Å². The van der Waals surface area contributed by atoms with Crippen molar-refractivity contribution in [3.05, 3.63) is 59.3 Å². The minimum absolute atomic E-state index is 0.0230. The quantitative estimate of drug-likeness (QED) is 0.666. The highest BCUT2D eigenvalue weighted by atomic mass is 16.2. The summed E-state index contributed by atoms with van der Waals surface area (Å²) in [6, 6.07) is 12.6. The van der Waals surface area contributed by atoms with Crippen molar-refractivity contribution in [2.45, 2.75) is 25.9 Å². The number of carbonyl (C=O) groups excluding carboxylic acids is 2. The summed E-state index contributed by atoms with van der Waals surface area (Å²) in [5.74, 6) is 0.921. The summed E-state index contributed by atoms with van der Waals surface area (Å²) in [6.07, 6.45) is 1.82. The van der Waals surface area contributed by atoms with E-state index >= 15 is 0 Å². The number of hydrogen-bond acceptors (Lipinski definition) is 5. The van der Waals surface area contributed by atoms with Crippen LogP contribution in [0, 0.1) is 5.92 Å². The molecule has 2 aromatic rings. The maximum absolute atomic E-state index is 12.7. The third kappa shape index (κ3) is 5.46. The molecule has 3 rings (SSSR count). The predicted octanol–water partition coefficient (Wildman–Crippen LogP) is 2.43. The molecule has 0 spiro atoms. The Morgan fingerprint density at radius 2 is 1.69 bits per heavy atom. The third-order valence-corrected chi connectivity index (χ3v) is 6.11. The summed E-state index contributed by atoms with van der Waals surface area (Å²) in [5.41, 5.74) is 3.52. The number of likely N-dealkylation sites (tertiary alicyclic amines) is 1. The van der Waals surface area contributed by atoms with Crippen LogP contribution in [0.5, 0.6) is 0 Å². The molecule has 0 bridgehead atoms. The van der Waals surface area contributed by atoms with Crippen LogP contribution in [0.1, 0.15) is 29.5 Å². The second-order valence-corrected chi connectivity index (χ2v) is 9.16. The SMILES string of the molecule is CC(=O)N1C[C@H](C(=O)N(C)C)[C@@H](c2ccc(CN(C)Cc3cccnc3N(C)C)cc2)C1. The highest BCUT2D eigenvalue weighted by molar-refractivity contribution is 5.82. The number of hydrogen-bond donors (Lipinski definition) is 0. The van der Waals surface area contributed by atoms with E-state index < -0.39 is 0 Å². The number of pyridine rings is 1. The van der Waals surface area contributed by atoms with Gasteiger partial charge < -0.3 is 14.7 Å². The zero-order chi connectivity index (χ0) is 23.4. The Bertz CT molecular complexity index is 942. The second kappa shape index (κ2) is 10.1. The lowest BCUT2D eigenvalue weighted by Crippen LogP contribution is -2.34. The maximum atomic E-state index is 12.7. The highest BCUT2D eigenvalue weighted by Crippen LogP contribution is 2.34. The van der Waals surface area contributed by atoms with Gasteiger partial charge in [-0.3, -0.25) is 14.5 Å². The van der Waals surface area contributed by atoms with Gasteiger partial charge in [-0.25, -0.2) is 4.98 Å². The molecule has 7 nitrogen and oxygen atoms in total. The molecule has 0 unspecified atom stereocenters. The molecule has 1 aliphatic heterocycles. The highest BCUT2D eigenvalue weighted by Gasteiger charge is 2.40. The lowest BCUT2D eigenvalue weighted by molar-refractivity contribution is -0.133. The molecule has 172 valence electrons. The number of anilines is 1. The molecule has 0 radical (unpaired) electrons. The van der Waals surface area contributed by atoms with E-state index in [0.717, 1.165) is 24.5 Å². The molecule has 2 amide bonds. The van der Waals surface area contributed by atoms with Crippen LogP contribution in [0.15, 0.2) is 42.6 Å². The summed E-state index contributed by atoms with van der Waals surface area (Å²) < 4.78 is 0. The first-order chi connectivity index (χ1) is 15.2. The molecular formula is C25H35N5O2. The van der Waals surface area contributed by atoms with Gasteiger partial charge in [-0.05, 0) is 24.2 Å². The van der Waals surface area contributed by atoms with E-state index in [2.05, 4.69) is 47.3 Å². The second-order valence-electron chi connectivity index (χ2n) is 9.16. The molecule has 1 fully saturated rings. The van der Waals surface area contributed by atoms with Crippen LogP contribution in [0.25, 0.3) is 0 Å². The van der Waals surface area contributed by atoms with Crippen LogP contribution >= 0.6 is 0 Å². The van der Waals surface area contributed by atoms with Crippen LogP contribution < -0.4 is 4.90 Å². The Balaban J connectivity index is 1.70. The Hall–Kier alpha value is -2.93. The van der Waals surface area contributed by atoms with Crippen LogP contribution in [-0.2, 0) is 22.7 Å². The van der Waals surface area contributed by atoms with Crippen molar-refractivity contribution in [2.24, 2.45) is 5.92 Å². The van der Waals surface area contributed by atoms with E-state index in [1.807, 2.05) is 31.3 Å². The van der Waals surface area contributed by atoms with Gasteiger partial charge >= 0.3 is 0 Å². The molecule has 0 saturated carbocycles. The van der Waals surface area contributed by atoms with Gasteiger partial charge in [0, 0.05) is 79.0 Å². The summed E-state index contributed by atoms with van der Waals surface area (Å²) in [5, 5.41) is 0. The van der Waals surface area contributed by atoms with Gasteiger partial charge in [0.15, 0.2) is 0 Å². The Kier molecular flexibility index (Phi) is 7.51. The first-order valence-corrected chi connectivity index (χ1v) is 11.0. The molecule has 0 aliphatic carbocycles. The first kappa shape index (κ1) is 23.7. The van der Waals surface area contributed by atoms with Gasteiger partial charge in [-0.2, -0.15) is 0 Å². The van der Waals surface area contributed by atoms with Crippen LogP contribution in [0.2, 0.25) is 0 Å². The van der Waals surface area contributed by atoms with Crippen molar-refractivity contribution in [1.29, 1.82) is 0 Å². The number of rotatable bonds is 7. The van der Waals surface area contributed by atoms with Gasteiger partial charge in [0.2, 0.25) is 11.8 Å². The molecule has 1 aromatic heterocycles. The van der Waals surface area contributed by atoms with Crippen molar-refractivity contribution < 1.29 is 9.59 Å². The summed E-state index contributed by atoms with van der Waals surface area (Å²) in [6.45, 7) is 4.27. The van der Waals surface area contributed by atoms with Crippen molar-refractivity contribution in [3.63, 3.8) is 0 Å². The fourth-order valence-electron chi connectivity index (χ4n) is 4.47. The number of benzene rings is 1. The largest absolute Gasteiger partial charge is 0.362 e. The third-order valence-electron chi connectivity index (χ3n) is 6.11. The molecule has 2 heterocycles.